The lowest BCUT2D eigenvalue weighted by atomic mass is 10.3. The Kier molecular flexibility index (Phi) is 4.97. The van der Waals surface area contributed by atoms with Crippen molar-refractivity contribution in [3.8, 4) is 0 Å². The SMILES string of the molecule is O=S(=O)(Nc1nc2ccccc2nc1Nc1cccc(Br)c1)c1ccccc1. The summed E-state index contributed by atoms with van der Waals surface area (Å²) in [5, 5.41) is 3.15. The van der Waals surface area contributed by atoms with Gasteiger partial charge in [0.05, 0.1) is 15.9 Å². The smallest absolute Gasteiger partial charge is 0.263 e. The van der Waals surface area contributed by atoms with E-state index >= 15 is 0 Å². The lowest BCUT2D eigenvalue weighted by Gasteiger charge is -2.14. The fourth-order valence-corrected chi connectivity index (χ4v) is 4.08. The van der Waals surface area contributed by atoms with Crippen LogP contribution in [0.25, 0.3) is 11.0 Å². The molecule has 8 heteroatoms. The van der Waals surface area contributed by atoms with Crippen LogP contribution in [0.2, 0.25) is 0 Å². The van der Waals surface area contributed by atoms with Gasteiger partial charge in [-0.2, -0.15) is 0 Å². The van der Waals surface area contributed by atoms with Gasteiger partial charge in [-0.15, -0.1) is 0 Å². The Hall–Kier alpha value is -2.97. The molecule has 0 aliphatic heterocycles. The lowest BCUT2D eigenvalue weighted by Crippen LogP contribution is -2.16. The summed E-state index contributed by atoms with van der Waals surface area (Å²) in [6.45, 7) is 0. The van der Waals surface area contributed by atoms with Crippen LogP contribution < -0.4 is 10.0 Å². The highest BCUT2D eigenvalue weighted by Gasteiger charge is 2.18. The second-order valence-electron chi connectivity index (χ2n) is 5.96. The third-order valence-electron chi connectivity index (χ3n) is 3.94. The van der Waals surface area contributed by atoms with Gasteiger partial charge in [0.1, 0.15) is 0 Å². The van der Waals surface area contributed by atoms with Gasteiger partial charge in [-0.25, -0.2) is 18.4 Å². The summed E-state index contributed by atoms with van der Waals surface area (Å²) in [4.78, 5) is 9.19. The van der Waals surface area contributed by atoms with E-state index in [1.807, 2.05) is 42.5 Å². The van der Waals surface area contributed by atoms with Crippen molar-refractivity contribution >= 4 is 54.3 Å². The number of benzene rings is 3. The monoisotopic (exact) mass is 454 g/mol. The van der Waals surface area contributed by atoms with Gasteiger partial charge in [0, 0.05) is 10.2 Å². The molecular formula is C20H15BrN4O2S. The Labute approximate surface area is 170 Å². The minimum atomic E-state index is -3.81. The molecule has 0 radical (unpaired) electrons. The van der Waals surface area contributed by atoms with Crippen LogP contribution in [-0.2, 0) is 10.0 Å². The maximum absolute atomic E-state index is 12.8. The van der Waals surface area contributed by atoms with E-state index in [1.54, 1.807) is 24.3 Å². The summed E-state index contributed by atoms with van der Waals surface area (Å²) in [6, 6.07) is 22.9. The van der Waals surface area contributed by atoms with Crippen molar-refractivity contribution in [1.82, 2.24) is 9.97 Å². The zero-order chi connectivity index (χ0) is 19.6. The number of anilines is 3. The number of nitrogens with zero attached hydrogens (tertiary/aromatic N) is 2. The molecule has 140 valence electrons. The van der Waals surface area contributed by atoms with Gasteiger partial charge < -0.3 is 5.32 Å². The average molecular weight is 455 g/mol. The standard InChI is InChI=1S/C20H15BrN4O2S/c21-14-7-6-8-15(13-14)22-19-20(24-18-12-5-4-11-17(18)23-19)25-28(26,27)16-9-2-1-3-10-16/h1-13H,(H,22,23)(H,24,25). The number of halogens is 1. The van der Waals surface area contributed by atoms with Crippen LogP contribution in [0.15, 0.2) is 88.2 Å². The molecule has 0 aliphatic carbocycles. The molecule has 3 aromatic carbocycles. The first kappa shape index (κ1) is 18.4. The number of hydrogen-bond donors (Lipinski definition) is 2. The summed E-state index contributed by atoms with van der Waals surface area (Å²) in [5.74, 6) is 0.443. The van der Waals surface area contributed by atoms with E-state index in [-0.39, 0.29) is 10.7 Å². The van der Waals surface area contributed by atoms with E-state index in [4.69, 9.17) is 0 Å². The summed E-state index contributed by atoms with van der Waals surface area (Å²) in [5.41, 5.74) is 2.00. The molecule has 4 rings (SSSR count). The van der Waals surface area contributed by atoms with Crippen molar-refractivity contribution in [2.75, 3.05) is 10.0 Å². The van der Waals surface area contributed by atoms with Gasteiger partial charge in [0.15, 0.2) is 11.6 Å². The van der Waals surface area contributed by atoms with Crippen molar-refractivity contribution in [3.05, 3.63) is 83.3 Å². The van der Waals surface area contributed by atoms with Gasteiger partial charge >= 0.3 is 0 Å². The number of hydrogen-bond acceptors (Lipinski definition) is 5. The Bertz CT molecular complexity index is 1250. The predicted octanol–water partition coefficient (Wildman–Crippen LogP) is 4.94. The molecule has 0 aliphatic rings. The van der Waals surface area contributed by atoms with Crippen LogP contribution in [0, 0.1) is 0 Å². The van der Waals surface area contributed by atoms with Gasteiger partial charge in [0.2, 0.25) is 0 Å². The highest BCUT2D eigenvalue weighted by atomic mass is 79.9. The van der Waals surface area contributed by atoms with Gasteiger partial charge in [-0.3, -0.25) is 4.72 Å². The molecule has 0 atom stereocenters. The molecule has 2 N–H and O–H groups in total. The molecule has 0 fully saturated rings. The molecule has 0 amide bonds. The molecule has 0 spiro atoms. The highest BCUT2D eigenvalue weighted by molar-refractivity contribution is 9.10. The molecular weight excluding hydrogens is 440 g/mol. The molecule has 0 saturated carbocycles. The molecule has 6 nitrogen and oxygen atoms in total. The summed E-state index contributed by atoms with van der Waals surface area (Å²) in [6.07, 6.45) is 0. The molecule has 0 unspecified atom stereocenters. The van der Waals surface area contributed by atoms with E-state index in [0.29, 0.717) is 16.9 Å². The van der Waals surface area contributed by atoms with E-state index in [1.165, 1.54) is 12.1 Å². The van der Waals surface area contributed by atoms with Crippen molar-refractivity contribution in [2.45, 2.75) is 4.90 Å². The first-order chi connectivity index (χ1) is 13.5. The molecule has 0 saturated heterocycles. The van der Waals surface area contributed by atoms with E-state index < -0.39 is 10.0 Å². The van der Waals surface area contributed by atoms with Crippen molar-refractivity contribution in [3.63, 3.8) is 0 Å². The van der Waals surface area contributed by atoms with E-state index in [2.05, 4.69) is 35.9 Å². The Balaban J connectivity index is 1.79. The molecule has 1 heterocycles. The van der Waals surface area contributed by atoms with Gasteiger partial charge in [-0.05, 0) is 42.5 Å². The maximum Gasteiger partial charge on any atom is 0.263 e. The van der Waals surface area contributed by atoms with Crippen molar-refractivity contribution in [1.29, 1.82) is 0 Å². The topological polar surface area (TPSA) is 84.0 Å². The summed E-state index contributed by atoms with van der Waals surface area (Å²) < 4.78 is 29.0. The van der Waals surface area contributed by atoms with E-state index in [9.17, 15) is 8.42 Å². The van der Waals surface area contributed by atoms with Crippen molar-refractivity contribution < 1.29 is 8.42 Å². The molecule has 28 heavy (non-hydrogen) atoms. The Morgan fingerprint density at radius 2 is 1.39 bits per heavy atom. The first-order valence-corrected chi connectivity index (χ1v) is 10.7. The fourth-order valence-electron chi connectivity index (χ4n) is 2.65. The second kappa shape index (κ2) is 7.57. The van der Waals surface area contributed by atoms with Crippen LogP contribution in [0.4, 0.5) is 17.3 Å². The van der Waals surface area contributed by atoms with Crippen LogP contribution in [0.5, 0.6) is 0 Å². The maximum atomic E-state index is 12.8. The Morgan fingerprint density at radius 1 is 0.750 bits per heavy atom. The number of rotatable bonds is 5. The molecule has 1 aromatic heterocycles. The number of sulfonamides is 1. The first-order valence-electron chi connectivity index (χ1n) is 8.38. The summed E-state index contributed by atoms with van der Waals surface area (Å²) >= 11 is 3.43. The van der Waals surface area contributed by atoms with Crippen LogP contribution in [-0.4, -0.2) is 18.4 Å². The largest absolute Gasteiger partial charge is 0.337 e. The highest BCUT2D eigenvalue weighted by Crippen LogP contribution is 2.28. The number of para-hydroxylation sites is 2. The van der Waals surface area contributed by atoms with E-state index in [0.717, 1.165) is 10.2 Å². The molecule has 4 aromatic rings. The predicted molar refractivity (Wildman–Crippen MR) is 114 cm³/mol. The Morgan fingerprint density at radius 3 is 2.07 bits per heavy atom. The zero-order valence-corrected chi connectivity index (χ0v) is 16.9. The van der Waals surface area contributed by atoms with Crippen molar-refractivity contribution in [2.24, 2.45) is 0 Å². The average Bonchev–Trinajstić information content (AvgIpc) is 2.69. The minimum Gasteiger partial charge on any atom is -0.337 e. The second-order valence-corrected chi connectivity index (χ2v) is 8.56. The number of nitrogens with one attached hydrogen (secondary N) is 2. The van der Waals surface area contributed by atoms with Gasteiger partial charge in [0.25, 0.3) is 10.0 Å². The molecule has 0 bridgehead atoms. The van der Waals surface area contributed by atoms with Gasteiger partial charge in [-0.1, -0.05) is 52.3 Å². The lowest BCUT2D eigenvalue weighted by molar-refractivity contribution is 0.601. The minimum absolute atomic E-state index is 0.127. The quantitative estimate of drug-likeness (QED) is 0.446. The number of fused-ring (bicyclic) bond motifs is 1. The van der Waals surface area contributed by atoms with Crippen LogP contribution >= 0.6 is 15.9 Å². The number of aromatic nitrogens is 2. The third-order valence-corrected chi connectivity index (χ3v) is 5.79. The van der Waals surface area contributed by atoms with Crippen LogP contribution in [0.3, 0.4) is 0 Å². The third kappa shape index (κ3) is 3.97. The zero-order valence-electron chi connectivity index (χ0n) is 14.5. The summed E-state index contributed by atoms with van der Waals surface area (Å²) in [7, 11) is -3.81. The normalized spacial score (nSPS) is 11.3. The fraction of sp³-hybridized carbons (Fsp3) is 0. The van der Waals surface area contributed by atoms with Crippen LogP contribution in [0.1, 0.15) is 0 Å².